The number of nitrogens with two attached hydrogens (primary N) is 1. The fourth-order valence-corrected chi connectivity index (χ4v) is 2.57. The zero-order valence-corrected chi connectivity index (χ0v) is 11.6. The maximum atomic E-state index is 12.9. The summed E-state index contributed by atoms with van der Waals surface area (Å²) >= 11 is 0. The van der Waals surface area contributed by atoms with Crippen LogP contribution in [0.15, 0.2) is 36.4 Å². The lowest BCUT2D eigenvalue weighted by molar-refractivity contribution is -0.144. The molecule has 0 amide bonds. The Morgan fingerprint density at radius 2 is 1.78 bits per heavy atom. The highest BCUT2D eigenvalue weighted by molar-refractivity contribution is 5.95. The number of nitrogens with zero attached hydrogens (tertiary/aromatic N) is 2. The normalized spacial score (nSPS) is 12.3. The van der Waals surface area contributed by atoms with E-state index in [9.17, 15) is 13.2 Å². The third-order valence-electron chi connectivity index (χ3n) is 3.57. The van der Waals surface area contributed by atoms with Crippen molar-refractivity contribution in [3.63, 3.8) is 0 Å². The molecule has 1 aromatic carbocycles. The molecule has 0 aliphatic carbocycles. The van der Waals surface area contributed by atoms with Crippen molar-refractivity contribution in [1.82, 2.24) is 19.9 Å². The third kappa shape index (κ3) is 2.19. The number of fused-ring (bicyclic) bond motifs is 2. The van der Waals surface area contributed by atoms with E-state index in [-0.39, 0.29) is 17.0 Å². The molecule has 0 atom stereocenters. The van der Waals surface area contributed by atoms with E-state index in [1.165, 1.54) is 6.07 Å². The second kappa shape index (κ2) is 4.48. The van der Waals surface area contributed by atoms with Gasteiger partial charge in [0.2, 0.25) is 5.82 Å². The van der Waals surface area contributed by atoms with Crippen molar-refractivity contribution in [2.75, 3.05) is 5.73 Å². The third-order valence-corrected chi connectivity index (χ3v) is 3.57. The molecular weight excluding hydrogens is 307 g/mol. The second-order valence-electron chi connectivity index (χ2n) is 5.15. The Morgan fingerprint density at radius 3 is 2.52 bits per heavy atom. The standard InChI is InChI=1S/C15H10F3N5/c16-15(17,18)14-22-12-8(6-11(19)21-13(12)23-14)10-5-7-3-1-2-4-9(7)20-10/h1-6,20H,(H3,19,21,22,23). The van der Waals surface area contributed by atoms with Crippen LogP contribution in [0.1, 0.15) is 5.82 Å². The minimum absolute atomic E-state index is 0.0639. The largest absolute Gasteiger partial charge is 0.449 e. The van der Waals surface area contributed by atoms with Crippen molar-refractivity contribution < 1.29 is 13.2 Å². The van der Waals surface area contributed by atoms with Gasteiger partial charge in [0.15, 0.2) is 5.65 Å². The van der Waals surface area contributed by atoms with Gasteiger partial charge < -0.3 is 15.7 Å². The molecule has 0 saturated heterocycles. The molecule has 0 unspecified atom stereocenters. The van der Waals surface area contributed by atoms with Crippen molar-refractivity contribution in [2.45, 2.75) is 6.18 Å². The lowest BCUT2D eigenvalue weighted by Gasteiger charge is -2.02. The number of hydrogen-bond donors (Lipinski definition) is 3. The first kappa shape index (κ1) is 13.6. The predicted octanol–water partition coefficient (Wildman–Crippen LogP) is 3.71. The Labute approximate surface area is 127 Å². The fourth-order valence-electron chi connectivity index (χ4n) is 2.57. The topological polar surface area (TPSA) is 83.4 Å². The summed E-state index contributed by atoms with van der Waals surface area (Å²) in [5, 5.41) is 0.946. The van der Waals surface area contributed by atoms with Gasteiger partial charge in [0, 0.05) is 22.2 Å². The highest BCUT2D eigenvalue weighted by Gasteiger charge is 2.35. The number of imidazole rings is 1. The summed E-state index contributed by atoms with van der Waals surface area (Å²) in [6, 6.07) is 10.9. The number of H-pyrrole nitrogens is 2. The molecule has 5 nitrogen and oxygen atoms in total. The highest BCUT2D eigenvalue weighted by Crippen LogP contribution is 2.33. The van der Waals surface area contributed by atoms with Crippen LogP contribution in [0.4, 0.5) is 19.0 Å². The highest BCUT2D eigenvalue weighted by atomic mass is 19.4. The quantitative estimate of drug-likeness (QED) is 0.500. The molecule has 3 heterocycles. The van der Waals surface area contributed by atoms with Gasteiger partial charge in [-0.3, -0.25) is 0 Å². The molecule has 0 aliphatic rings. The Kier molecular flexibility index (Phi) is 2.65. The number of halogens is 3. The van der Waals surface area contributed by atoms with Crippen molar-refractivity contribution in [1.29, 1.82) is 0 Å². The second-order valence-corrected chi connectivity index (χ2v) is 5.15. The van der Waals surface area contributed by atoms with Gasteiger partial charge >= 0.3 is 6.18 Å². The maximum absolute atomic E-state index is 12.9. The SMILES string of the molecule is Nc1cc(-c2cc3ccccc3[nH]2)c2[nH]c(C(F)(F)F)nc2n1. The monoisotopic (exact) mass is 317 g/mol. The average Bonchev–Trinajstić information content (AvgIpc) is 3.09. The Hall–Kier alpha value is -3.03. The first-order chi connectivity index (χ1) is 10.9. The van der Waals surface area contributed by atoms with Gasteiger partial charge in [-0.05, 0) is 18.2 Å². The summed E-state index contributed by atoms with van der Waals surface area (Å²) in [6.45, 7) is 0. The first-order valence-corrected chi connectivity index (χ1v) is 6.73. The number of nitrogens with one attached hydrogen (secondary N) is 2. The van der Waals surface area contributed by atoms with Crippen LogP contribution < -0.4 is 5.73 Å². The molecule has 8 heteroatoms. The van der Waals surface area contributed by atoms with E-state index in [1.54, 1.807) is 0 Å². The van der Waals surface area contributed by atoms with Crippen LogP contribution in [0.5, 0.6) is 0 Å². The summed E-state index contributed by atoms with van der Waals surface area (Å²) in [5.74, 6) is -0.991. The van der Waals surface area contributed by atoms with Crippen molar-refractivity contribution in [3.8, 4) is 11.3 Å². The van der Waals surface area contributed by atoms with Crippen LogP contribution in [0.25, 0.3) is 33.3 Å². The van der Waals surface area contributed by atoms with Gasteiger partial charge in [-0.15, -0.1) is 0 Å². The smallest absolute Gasteiger partial charge is 0.384 e. The first-order valence-electron chi connectivity index (χ1n) is 6.73. The molecule has 0 aliphatic heterocycles. The van der Waals surface area contributed by atoms with Crippen molar-refractivity contribution in [2.24, 2.45) is 0 Å². The number of hydrogen-bond acceptors (Lipinski definition) is 3. The van der Waals surface area contributed by atoms with E-state index in [1.807, 2.05) is 30.3 Å². The minimum Gasteiger partial charge on any atom is -0.384 e. The predicted molar refractivity (Wildman–Crippen MR) is 80.6 cm³/mol. The number of benzene rings is 1. The van der Waals surface area contributed by atoms with E-state index in [4.69, 9.17) is 5.73 Å². The number of aromatic nitrogens is 4. The van der Waals surface area contributed by atoms with Crippen molar-refractivity contribution >= 4 is 27.9 Å². The summed E-state index contributed by atoms with van der Waals surface area (Å²) in [7, 11) is 0. The van der Waals surface area contributed by atoms with Gasteiger partial charge in [0.05, 0.1) is 5.52 Å². The fraction of sp³-hybridized carbons (Fsp3) is 0.0667. The number of rotatable bonds is 1. The number of para-hydroxylation sites is 1. The van der Waals surface area contributed by atoms with Gasteiger partial charge in [-0.2, -0.15) is 13.2 Å². The average molecular weight is 317 g/mol. The minimum atomic E-state index is -4.58. The summed E-state index contributed by atoms with van der Waals surface area (Å²) in [6.07, 6.45) is -4.58. The van der Waals surface area contributed by atoms with Gasteiger partial charge in [-0.25, -0.2) is 9.97 Å². The number of alkyl halides is 3. The Balaban J connectivity index is 2.00. The molecule has 3 aromatic heterocycles. The molecule has 0 radical (unpaired) electrons. The molecule has 116 valence electrons. The van der Waals surface area contributed by atoms with E-state index in [2.05, 4.69) is 19.9 Å². The lowest BCUT2D eigenvalue weighted by Crippen LogP contribution is -2.06. The van der Waals surface area contributed by atoms with E-state index < -0.39 is 12.0 Å². The number of pyridine rings is 1. The molecule has 0 spiro atoms. The molecule has 4 N–H and O–H groups in total. The molecule has 0 saturated carbocycles. The Bertz CT molecular complexity index is 996. The van der Waals surface area contributed by atoms with Crippen LogP contribution >= 0.6 is 0 Å². The number of anilines is 1. The van der Waals surface area contributed by atoms with Gasteiger partial charge in [-0.1, -0.05) is 18.2 Å². The van der Waals surface area contributed by atoms with E-state index >= 15 is 0 Å². The zero-order valence-electron chi connectivity index (χ0n) is 11.6. The van der Waals surface area contributed by atoms with Crippen LogP contribution in [0.3, 0.4) is 0 Å². The lowest BCUT2D eigenvalue weighted by atomic mass is 10.1. The zero-order chi connectivity index (χ0) is 16.2. The van der Waals surface area contributed by atoms with E-state index in [0.29, 0.717) is 11.3 Å². The molecule has 23 heavy (non-hydrogen) atoms. The Morgan fingerprint density at radius 1 is 1.00 bits per heavy atom. The van der Waals surface area contributed by atoms with Crippen LogP contribution in [0, 0.1) is 0 Å². The van der Waals surface area contributed by atoms with Gasteiger partial charge in [0.1, 0.15) is 5.82 Å². The van der Waals surface area contributed by atoms with Crippen LogP contribution in [-0.2, 0) is 6.18 Å². The van der Waals surface area contributed by atoms with E-state index in [0.717, 1.165) is 10.9 Å². The molecule has 4 aromatic rings. The molecule has 0 bridgehead atoms. The number of aromatic amines is 2. The summed E-state index contributed by atoms with van der Waals surface area (Å²) in [5.41, 5.74) is 7.85. The van der Waals surface area contributed by atoms with Crippen molar-refractivity contribution in [3.05, 3.63) is 42.2 Å². The maximum Gasteiger partial charge on any atom is 0.449 e. The van der Waals surface area contributed by atoms with Crippen LogP contribution in [0.2, 0.25) is 0 Å². The number of nitrogen functional groups attached to an aromatic ring is 1. The summed E-state index contributed by atoms with van der Waals surface area (Å²) in [4.78, 5) is 12.8. The molecule has 0 fully saturated rings. The van der Waals surface area contributed by atoms with Gasteiger partial charge in [0.25, 0.3) is 0 Å². The molecular formula is C15H10F3N5. The summed E-state index contributed by atoms with van der Waals surface area (Å²) < 4.78 is 38.6. The van der Waals surface area contributed by atoms with Crippen LogP contribution in [-0.4, -0.2) is 19.9 Å². The molecule has 4 rings (SSSR count).